The van der Waals surface area contributed by atoms with Crippen LogP contribution in [-0.4, -0.2) is 32.5 Å². The highest BCUT2D eigenvalue weighted by molar-refractivity contribution is 14.1. The summed E-state index contributed by atoms with van der Waals surface area (Å²) in [5.74, 6) is -0.103. The minimum atomic E-state index is -0.0591. The van der Waals surface area contributed by atoms with Crippen LogP contribution in [0.2, 0.25) is 0 Å². The van der Waals surface area contributed by atoms with E-state index in [2.05, 4.69) is 66.0 Å². The number of hydrogen-bond acceptors (Lipinski definition) is 4. The minimum absolute atomic E-state index is 0.0440. The zero-order chi connectivity index (χ0) is 21.2. The Morgan fingerprint density at radius 3 is 1.75 bits per heavy atom. The zero-order valence-electron chi connectivity index (χ0n) is 18.0. The summed E-state index contributed by atoms with van der Waals surface area (Å²) >= 11 is 4.62. The molecule has 0 aliphatic rings. The first kappa shape index (κ1) is 28.4. The lowest BCUT2D eigenvalue weighted by atomic mass is 10.1. The molecule has 0 aromatic carbocycles. The fourth-order valence-electron chi connectivity index (χ4n) is 2.83. The Morgan fingerprint density at radius 2 is 1.21 bits per heavy atom. The molecule has 0 radical (unpaired) electrons. The molecule has 0 aromatic rings. The Balaban J connectivity index is 3.54. The van der Waals surface area contributed by atoms with Gasteiger partial charge >= 0.3 is 11.9 Å². The number of ether oxygens (including phenoxy) is 2. The van der Waals surface area contributed by atoms with Crippen molar-refractivity contribution >= 4 is 57.1 Å². The van der Waals surface area contributed by atoms with Gasteiger partial charge in [-0.2, -0.15) is 0 Å². The summed E-state index contributed by atoms with van der Waals surface area (Å²) in [6.07, 6.45) is 13.1. The number of hydrogen-bond donors (Lipinski definition) is 0. The highest BCUT2D eigenvalue weighted by Gasteiger charge is 2.15. The summed E-state index contributed by atoms with van der Waals surface area (Å²) in [6.45, 7) is 6.84. The summed E-state index contributed by atoms with van der Waals surface area (Å²) in [4.78, 5) is 23.5. The highest BCUT2D eigenvalue weighted by Crippen LogP contribution is 2.16. The van der Waals surface area contributed by atoms with Crippen molar-refractivity contribution in [2.24, 2.45) is 0 Å². The number of rotatable bonds is 18. The average molecular weight is 622 g/mol. The molecule has 3 atom stereocenters. The fourth-order valence-corrected chi connectivity index (χ4v) is 3.55. The normalized spacial score (nSPS) is 14.3. The number of unbranched alkanes of at least 4 members (excludes halogenated alkanes) is 6. The molecule has 0 aliphatic heterocycles. The third kappa shape index (κ3) is 17.3. The SMILES string of the molecule is CCC(I)CC(=O)OCCCCCCCCCC(CC)OC(=O)CC(I)CC. The van der Waals surface area contributed by atoms with Crippen LogP contribution >= 0.6 is 45.2 Å². The molecule has 0 amide bonds. The van der Waals surface area contributed by atoms with Crippen molar-refractivity contribution in [1.82, 2.24) is 0 Å². The van der Waals surface area contributed by atoms with E-state index in [1.807, 2.05) is 0 Å². The van der Waals surface area contributed by atoms with Gasteiger partial charge in [-0.05, 0) is 38.5 Å². The van der Waals surface area contributed by atoms with E-state index < -0.39 is 0 Å². The van der Waals surface area contributed by atoms with E-state index in [4.69, 9.17) is 9.47 Å². The van der Waals surface area contributed by atoms with Crippen LogP contribution in [0.25, 0.3) is 0 Å². The van der Waals surface area contributed by atoms with Gasteiger partial charge in [-0.3, -0.25) is 9.59 Å². The van der Waals surface area contributed by atoms with E-state index in [9.17, 15) is 9.59 Å². The number of alkyl halides is 2. The first-order valence-corrected chi connectivity index (χ1v) is 13.5. The number of halogens is 2. The van der Waals surface area contributed by atoms with Gasteiger partial charge in [-0.1, -0.05) is 98.1 Å². The van der Waals surface area contributed by atoms with Gasteiger partial charge in [0.2, 0.25) is 0 Å². The predicted molar refractivity (Wildman–Crippen MR) is 133 cm³/mol. The zero-order valence-corrected chi connectivity index (χ0v) is 22.3. The lowest BCUT2D eigenvalue weighted by Gasteiger charge is -2.17. The maximum absolute atomic E-state index is 11.9. The van der Waals surface area contributed by atoms with Crippen LogP contribution in [0.3, 0.4) is 0 Å². The van der Waals surface area contributed by atoms with E-state index in [1.54, 1.807) is 0 Å². The van der Waals surface area contributed by atoms with Crippen molar-refractivity contribution in [3.8, 4) is 0 Å². The Kier molecular flexibility index (Phi) is 19.6. The summed E-state index contributed by atoms with van der Waals surface area (Å²) in [5, 5.41) is 0. The van der Waals surface area contributed by atoms with Gasteiger partial charge in [0.25, 0.3) is 0 Å². The molecule has 0 rings (SSSR count). The second-order valence-corrected chi connectivity index (χ2v) is 10.9. The molecule has 0 N–H and O–H groups in total. The van der Waals surface area contributed by atoms with Crippen LogP contribution in [0.5, 0.6) is 0 Å². The maximum atomic E-state index is 11.9. The largest absolute Gasteiger partial charge is 0.466 e. The third-order valence-electron chi connectivity index (χ3n) is 4.85. The molecular weight excluding hydrogens is 582 g/mol. The number of carbonyl (C=O) groups excluding carboxylic acids is 2. The lowest BCUT2D eigenvalue weighted by molar-refractivity contribution is -0.149. The summed E-state index contributed by atoms with van der Waals surface area (Å²) < 4.78 is 11.7. The third-order valence-corrected chi connectivity index (χ3v) is 7.49. The molecule has 0 heterocycles. The van der Waals surface area contributed by atoms with Gasteiger partial charge in [-0.25, -0.2) is 0 Å². The quantitative estimate of drug-likeness (QED) is 0.0704. The van der Waals surface area contributed by atoms with Crippen molar-refractivity contribution in [3.05, 3.63) is 0 Å². The number of carbonyl (C=O) groups is 2. The molecule has 166 valence electrons. The van der Waals surface area contributed by atoms with E-state index in [0.717, 1.165) is 44.9 Å². The topological polar surface area (TPSA) is 52.6 Å². The standard InChI is InChI=1S/C22H40I2O4/c1-4-18(23)16-21(25)27-15-13-11-9-7-8-10-12-14-20(6-3)28-22(26)17-19(24)5-2/h18-20H,4-17H2,1-3H3. The van der Waals surface area contributed by atoms with Crippen molar-refractivity contribution in [3.63, 3.8) is 0 Å². The molecule has 0 saturated heterocycles. The molecule has 0 fully saturated rings. The summed E-state index contributed by atoms with van der Waals surface area (Å²) in [6, 6.07) is 0. The van der Waals surface area contributed by atoms with E-state index >= 15 is 0 Å². The van der Waals surface area contributed by atoms with Gasteiger partial charge in [0.15, 0.2) is 0 Å². The van der Waals surface area contributed by atoms with Crippen LogP contribution in [0.1, 0.15) is 104 Å². The second-order valence-electron chi connectivity index (χ2n) is 7.42. The first-order chi connectivity index (χ1) is 13.4. The van der Waals surface area contributed by atoms with Crippen molar-refractivity contribution in [1.29, 1.82) is 0 Å². The van der Waals surface area contributed by atoms with Crippen LogP contribution in [0.15, 0.2) is 0 Å². The Hall–Kier alpha value is 0.400. The van der Waals surface area contributed by atoms with Gasteiger partial charge in [-0.15, -0.1) is 0 Å². The first-order valence-electron chi connectivity index (χ1n) is 11.1. The maximum Gasteiger partial charge on any atom is 0.307 e. The molecule has 0 bridgehead atoms. The van der Waals surface area contributed by atoms with E-state index in [0.29, 0.717) is 27.3 Å². The summed E-state index contributed by atoms with van der Waals surface area (Å²) in [7, 11) is 0. The second kappa shape index (κ2) is 19.4. The molecule has 4 nitrogen and oxygen atoms in total. The van der Waals surface area contributed by atoms with E-state index in [1.165, 1.54) is 25.7 Å². The molecule has 0 aliphatic carbocycles. The Bertz CT molecular complexity index is 404. The molecule has 0 spiro atoms. The fraction of sp³-hybridized carbons (Fsp3) is 0.909. The average Bonchev–Trinajstić information content (AvgIpc) is 2.67. The molecule has 3 unspecified atom stereocenters. The van der Waals surface area contributed by atoms with Crippen LogP contribution in [0.4, 0.5) is 0 Å². The molecule has 6 heteroatoms. The highest BCUT2D eigenvalue weighted by atomic mass is 127. The predicted octanol–water partition coefficient (Wildman–Crippen LogP) is 7.18. The van der Waals surface area contributed by atoms with Crippen molar-refractivity contribution in [2.75, 3.05) is 6.61 Å². The molecule has 0 aromatic heterocycles. The smallest absolute Gasteiger partial charge is 0.307 e. The van der Waals surface area contributed by atoms with Gasteiger partial charge in [0, 0.05) is 7.85 Å². The van der Waals surface area contributed by atoms with Gasteiger partial charge in [0.05, 0.1) is 19.4 Å². The minimum Gasteiger partial charge on any atom is -0.466 e. The number of esters is 2. The summed E-state index contributed by atoms with van der Waals surface area (Å²) in [5.41, 5.74) is 0. The molecule has 0 saturated carbocycles. The van der Waals surface area contributed by atoms with E-state index in [-0.39, 0.29) is 18.0 Å². The Labute approximate surface area is 199 Å². The van der Waals surface area contributed by atoms with Crippen molar-refractivity contribution in [2.45, 2.75) is 118 Å². The Morgan fingerprint density at radius 1 is 0.714 bits per heavy atom. The van der Waals surface area contributed by atoms with Gasteiger partial charge in [0.1, 0.15) is 6.10 Å². The van der Waals surface area contributed by atoms with Crippen LogP contribution in [-0.2, 0) is 19.1 Å². The molecular formula is C22H40I2O4. The van der Waals surface area contributed by atoms with Gasteiger partial charge < -0.3 is 9.47 Å². The van der Waals surface area contributed by atoms with Crippen molar-refractivity contribution < 1.29 is 19.1 Å². The lowest BCUT2D eigenvalue weighted by Crippen LogP contribution is -2.19. The van der Waals surface area contributed by atoms with Crippen LogP contribution in [0, 0.1) is 0 Å². The molecule has 28 heavy (non-hydrogen) atoms. The van der Waals surface area contributed by atoms with Crippen LogP contribution < -0.4 is 0 Å². The monoisotopic (exact) mass is 622 g/mol.